The van der Waals surface area contributed by atoms with Crippen molar-refractivity contribution in [2.75, 3.05) is 23.7 Å². The van der Waals surface area contributed by atoms with Gasteiger partial charge in [0, 0.05) is 20.0 Å². The zero-order valence-corrected chi connectivity index (χ0v) is 12.4. The number of nitrogens with one attached hydrogen (secondary N) is 1. The Morgan fingerprint density at radius 1 is 1.43 bits per heavy atom. The minimum atomic E-state index is -0.266. The van der Waals surface area contributed by atoms with Gasteiger partial charge in [-0.1, -0.05) is 16.5 Å². The molecule has 3 N–H and O–H groups in total. The Kier molecular flexibility index (Phi) is 3.74. The van der Waals surface area contributed by atoms with Crippen molar-refractivity contribution in [3.05, 3.63) is 16.6 Å². The van der Waals surface area contributed by atoms with Crippen LogP contribution in [0.2, 0.25) is 0 Å². The third-order valence-corrected chi connectivity index (χ3v) is 4.33. The summed E-state index contributed by atoms with van der Waals surface area (Å²) >= 11 is 1.32. The fourth-order valence-electron chi connectivity index (χ4n) is 2.18. The SMILES string of the molecule is Cc1nc(CNC(=O)c2sc(N3CCCC3)nc2N)no1. The standard InChI is InChI=1S/C12H16N6O2S/c1-7-15-8(17-20-7)6-14-11(19)9-10(13)16-12(21-9)18-4-2-3-5-18/h2-6,13H2,1H3,(H,14,19). The molecule has 21 heavy (non-hydrogen) atoms. The van der Waals surface area contributed by atoms with E-state index in [0.29, 0.717) is 16.6 Å². The fourth-order valence-corrected chi connectivity index (χ4v) is 3.13. The molecule has 0 bridgehead atoms. The Balaban J connectivity index is 1.66. The minimum Gasteiger partial charge on any atom is -0.382 e. The van der Waals surface area contributed by atoms with Crippen molar-refractivity contribution in [1.82, 2.24) is 20.4 Å². The van der Waals surface area contributed by atoms with Crippen LogP contribution in [0, 0.1) is 6.92 Å². The lowest BCUT2D eigenvalue weighted by molar-refractivity contribution is 0.0954. The predicted molar refractivity (Wildman–Crippen MR) is 78.2 cm³/mol. The van der Waals surface area contributed by atoms with E-state index in [1.165, 1.54) is 11.3 Å². The summed E-state index contributed by atoms with van der Waals surface area (Å²) in [5, 5.41) is 7.25. The summed E-state index contributed by atoms with van der Waals surface area (Å²) < 4.78 is 4.84. The van der Waals surface area contributed by atoms with Gasteiger partial charge >= 0.3 is 0 Å². The number of rotatable bonds is 4. The summed E-state index contributed by atoms with van der Waals surface area (Å²) in [7, 11) is 0. The van der Waals surface area contributed by atoms with Crippen LogP contribution in [0.1, 0.15) is 34.2 Å². The molecule has 3 rings (SSSR count). The number of nitrogen functional groups attached to an aromatic ring is 1. The molecule has 2 aromatic rings. The molecule has 9 heteroatoms. The number of aromatic nitrogens is 3. The molecule has 3 heterocycles. The number of aryl methyl sites for hydroxylation is 1. The van der Waals surface area contributed by atoms with Crippen LogP contribution in [-0.4, -0.2) is 34.1 Å². The van der Waals surface area contributed by atoms with Gasteiger partial charge in [-0.25, -0.2) is 4.98 Å². The number of carbonyl (C=O) groups excluding carboxylic acids is 1. The highest BCUT2D eigenvalue weighted by Crippen LogP contribution is 2.30. The second kappa shape index (κ2) is 5.68. The van der Waals surface area contributed by atoms with E-state index in [9.17, 15) is 4.79 Å². The first-order chi connectivity index (χ1) is 10.1. The average Bonchev–Trinajstić information content (AvgIpc) is 3.16. The molecule has 1 aliphatic heterocycles. The van der Waals surface area contributed by atoms with E-state index in [1.54, 1.807) is 6.92 Å². The number of hydrogen-bond acceptors (Lipinski definition) is 8. The van der Waals surface area contributed by atoms with Crippen LogP contribution in [0.4, 0.5) is 10.9 Å². The van der Waals surface area contributed by atoms with Gasteiger partial charge in [-0.3, -0.25) is 4.79 Å². The maximum Gasteiger partial charge on any atom is 0.265 e. The van der Waals surface area contributed by atoms with E-state index in [0.717, 1.165) is 31.1 Å². The van der Waals surface area contributed by atoms with Crippen LogP contribution in [0.15, 0.2) is 4.52 Å². The number of nitrogens with two attached hydrogens (primary N) is 1. The van der Waals surface area contributed by atoms with Crippen molar-refractivity contribution in [3.8, 4) is 0 Å². The van der Waals surface area contributed by atoms with Crippen LogP contribution in [0.25, 0.3) is 0 Å². The lowest BCUT2D eigenvalue weighted by atomic mass is 10.4. The topological polar surface area (TPSA) is 110 Å². The first-order valence-corrected chi connectivity index (χ1v) is 7.54. The summed E-state index contributed by atoms with van der Waals surface area (Å²) in [5.41, 5.74) is 5.85. The molecule has 0 unspecified atom stereocenters. The summed E-state index contributed by atoms with van der Waals surface area (Å²) in [6.07, 6.45) is 2.30. The minimum absolute atomic E-state index is 0.201. The van der Waals surface area contributed by atoms with Crippen molar-refractivity contribution < 1.29 is 9.32 Å². The van der Waals surface area contributed by atoms with E-state index in [-0.39, 0.29) is 18.3 Å². The molecule has 8 nitrogen and oxygen atoms in total. The predicted octanol–water partition coefficient (Wildman–Crippen LogP) is 0.947. The van der Waals surface area contributed by atoms with E-state index in [1.807, 2.05) is 0 Å². The monoisotopic (exact) mass is 308 g/mol. The van der Waals surface area contributed by atoms with Gasteiger partial charge in [0.15, 0.2) is 11.0 Å². The third-order valence-electron chi connectivity index (χ3n) is 3.20. The zero-order valence-electron chi connectivity index (χ0n) is 11.6. The van der Waals surface area contributed by atoms with Crippen LogP contribution >= 0.6 is 11.3 Å². The first-order valence-electron chi connectivity index (χ1n) is 6.72. The molecular weight excluding hydrogens is 292 g/mol. The van der Waals surface area contributed by atoms with Gasteiger partial charge in [-0.15, -0.1) is 0 Å². The van der Waals surface area contributed by atoms with Crippen molar-refractivity contribution >= 4 is 28.2 Å². The second-order valence-electron chi connectivity index (χ2n) is 4.82. The van der Waals surface area contributed by atoms with Gasteiger partial charge in [0.2, 0.25) is 5.89 Å². The molecule has 0 atom stereocenters. The zero-order chi connectivity index (χ0) is 14.8. The maximum absolute atomic E-state index is 12.1. The molecule has 112 valence electrons. The van der Waals surface area contributed by atoms with E-state index in [4.69, 9.17) is 10.3 Å². The van der Waals surface area contributed by atoms with Gasteiger partial charge in [-0.2, -0.15) is 4.98 Å². The number of amides is 1. The molecule has 1 amide bonds. The largest absolute Gasteiger partial charge is 0.382 e. The highest BCUT2D eigenvalue weighted by molar-refractivity contribution is 7.18. The Morgan fingerprint density at radius 2 is 2.19 bits per heavy atom. The average molecular weight is 308 g/mol. The molecule has 0 aromatic carbocycles. The van der Waals surface area contributed by atoms with Gasteiger partial charge in [0.25, 0.3) is 5.91 Å². The van der Waals surface area contributed by atoms with Crippen molar-refractivity contribution in [3.63, 3.8) is 0 Å². The summed E-state index contributed by atoms with van der Waals surface area (Å²) in [4.78, 5) is 23.0. The van der Waals surface area contributed by atoms with Crippen molar-refractivity contribution in [2.24, 2.45) is 0 Å². The number of anilines is 2. The smallest absolute Gasteiger partial charge is 0.265 e. The molecule has 0 spiro atoms. The highest BCUT2D eigenvalue weighted by Gasteiger charge is 2.21. The molecule has 1 fully saturated rings. The lowest BCUT2D eigenvalue weighted by Crippen LogP contribution is -2.23. The summed E-state index contributed by atoms with van der Waals surface area (Å²) in [5.74, 6) is 0.901. The Morgan fingerprint density at radius 3 is 2.86 bits per heavy atom. The molecule has 0 aliphatic carbocycles. The van der Waals surface area contributed by atoms with Crippen molar-refractivity contribution in [2.45, 2.75) is 26.3 Å². The second-order valence-corrected chi connectivity index (χ2v) is 5.79. The molecule has 1 saturated heterocycles. The first kappa shape index (κ1) is 13.8. The molecule has 0 saturated carbocycles. The summed E-state index contributed by atoms with van der Waals surface area (Å²) in [6, 6.07) is 0. The van der Waals surface area contributed by atoms with Gasteiger partial charge in [0.05, 0.1) is 6.54 Å². The molecule has 2 aromatic heterocycles. The molecule has 1 aliphatic rings. The summed E-state index contributed by atoms with van der Waals surface area (Å²) in [6.45, 7) is 3.83. The maximum atomic E-state index is 12.1. The normalized spacial score (nSPS) is 14.6. The number of nitrogens with zero attached hydrogens (tertiary/aromatic N) is 4. The Bertz CT molecular complexity index is 646. The number of thiazole rings is 1. The van der Waals surface area contributed by atoms with Gasteiger partial charge in [0.1, 0.15) is 10.7 Å². The van der Waals surface area contributed by atoms with Crippen molar-refractivity contribution in [1.29, 1.82) is 0 Å². The van der Waals surface area contributed by atoms with E-state index < -0.39 is 0 Å². The molecular formula is C12H16N6O2S. The van der Waals surface area contributed by atoms with E-state index >= 15 is 0 Å². The van der Waals surface area contributed by atoms with E-state index in [2.05, 4.69) is 25.3 Å². The lowest BCUT2D eigenvalue weighted by Gasteiger charge is -2.11. The fraction of sp³-hybridized carbons (Fsp3) is 0.500. The van der Waals surface area contributed by atoms with Gasteiger partial charge in [-0.05, 0) is 12.8 Å². The number of carbonyl (C=O) groups is 1. The number of hydrogen-bond donors (Lipinski definition) is 2. The Labute approximate surface area is 125 Å². The van der Waals surface area contributed by atoms with Crippen LogP contribution in [0.3, 0.4) is 0 Å². The van der Waals surface area contributed by atoms with Crippen LogP contribution in [-0.2, 0) is 6.54 Å². The van der Waals surface area contributed by atoms with Crippen LogP contribution in [0.5, 0.6) is 0 Å². The third kappa shape index (κ3) is 2.97. The highest BCUT2D eigenvalue weighted by atomic mass is 32.1. The van der Waals surface area contributed by atoms with Gasteiger partial charge < -0.3 is 20.5 Å². The quantitative estimate of drug-likeness (QED) is 0.865. The Hall–Kier alpha value is -2.16. The van der Waals surface area contributed by atoms with Crippen LogP contribution < -0.4 is 16.0 Å². The molecule has 0 radical (unpaired) electrons.